The maximum Gasteiger partial charge on any atom is 0.153 e. The summed E-state index contributed by atoms with van der Waals surface area (Å²) in [6, 6.07) is 45.9. The molecule has 2 nitrogen and oxygen atoms in total. The van der Waals surface area contributed by atoms with Gasteiger partial charge in [0.1, 0.15) is 11.1 Å². The molecule has 0 bridgehead atoms. The highest BCUT2D eigenvalue weighted by atomic mass is 16.3. The van der Waals surface area contributed by atoms with E-state index < -0.39 is 5.41 Å². The van der Waals surface area contributed by atoms with Gasteiger partial charge < -0.3 is 4.42 Å². The zero-order chi connectivity index (χ0) is 26.8. The Bertz CT molecular complexity index is 2030. The molecule has 0 N–H and O–H groups in total. The highest BCUT2D eigenvalue weighted by Crippen LogP contribution is 2.57. The SMILES string of the molecule is Cc1cc(-c2ccc3oc4c(C)cccc4c3n2)cc2c1-c1ccccc1C2(c1ccccc1)c1ccccc1. The van der Waals surface area contributed by atoms with Crippen LogP contribution in [0.4, 0.5) is 0 Å². The summed E-state index contributed by atoms with van der Waals surface area (Å²) in [5, 5.41) is 1.06. The number of rotatable bonds is 3. The van der Waals surface area contributed by atoms with Gasteiger partial charge in [-0.15, -0.1) is 0 Å². The molecule has 40 heavy (non-hydrogen) atoms. The summed E-state index contributed by atoms with van der Waals surface area (Å²) >= 11 is 0. The second-order valence-corrected chi connectivity index (χ2v) is 10.8. The third-order valence-electron chi connectivity index (χ3n) is 8.59. The Kier molecular flexibility index (Phi) is 4.90. The highest BCUT2D eigenvalue weighted by molar-refractivity contribution is 6.04. The largest absolute Gasteiger partial charge is 0.454 e. The van der Waals surface area contributed by atoms with Crippen LogP contribution in [0.15, 0.2) is 132 Å². The number of pyridine rings is 1. The molecule has 0 saturated carbocycles. The van der Waals surface area contributed by atoms with E-state index in [1.54, 1.807) is 0 Å². The maximum absolute atomic E-state index is 6.20. The predicted octanol–water partition coefficient (Wildman–Crippen LogP) is 9.63. The summed E-state index contributed by atoms with van der Waals surface area (Å²) in [4.78, 5) is 5.19. The zero-order valence-electron chi connectivity index (χ0n) is 22.5. The number of hydrogen-bond donors (Lipinski definition) is 0. The monoisotopic (exact) mass is 513 g/mol. The minimum absolute atomic E-state index is 0.432. The smallest absolute Gasteiger partial charge is 0.153 e. The molecule has 1 aliphatic carbocycles. The average molecular weight is 514 g/mol. The first-order chi connectivity index (χ1) is 19.7. The van der Waals surface area contributed by atoms with Crippen LogP contribution in [0.5, 0.6) is 0 Å². The lowest BCUT2D eigenvalue weighted by molar-refractivity contribution is 0.665. The van der Waals surface area contributed by atoms with Crippen LogP contribution in [0.2, 0.25) is 0 Å². The maximum atomic E-state index is 6.20. The van der Waals surface area contributed by atoms with Crippen LogP contribution in [-0.4, -0.2) is 4.98 Å². The third kappa shape index (κ3) is 3.08. The van der Waals surface area contributed by atoms with Crippen molar-refractivity contribution in [3.63, 3.8) is 0 Å². The fraction of sp³-hybridized carbons (Fsp3) is 0.0789. The third-order valence-corrected chi connectivity index (χ3v) is 8.59. The fourth-order valence-corrected chi connectivity index (χ4v) is 6.89. The topological polar surface area (TPSA) is 26.0 Å². The van der Waals surface area contributed by atoms with Crippen LogP contribution in [0, 0.1) is 13.8 Å². The quantitative estimate of drug-likeness (QED) is 0.235. The number of nitrogens with zero attached hydrogens (tertiary/aromatic N) is 1. The molecule has 0 unspecified atom stereocenters. The van der Waals surface area contributed by atoms with Gasteiger partial charge in [0.25, 0.3) is 0 Å². The van der Waals surface area contributed by atoms with Crippen molar-refractivity contribution in [3.05, 3.63) is 161 Å². The van der Waals surface area contributed by atoms with Gasteiger partial charge >= 0.3 is 0 Å². The van der Waals surface area contributed by atoms with Gasteiger partial charge in [0.05, 0.1) is 11.1 Å². The molecule has 0 spiro atoms. The van der Waals surface area contributed by atoms with Gasteiger partial charge in [0, 0.05) is 10.9 Å². The Morgan fingerprint density at radius 2 is 1.30 bits per heavy atom. The summed E-state index contributed by atoms with van der Waals surface area (Å²) in [6.07, 6.45) is 0. The van der Waals surface area contributed by atoms with Crippen molar-refractivity contribution in [2.75, 3.05) is 0 Å². The molecule has 0 aliphatic heterocycles. The first-order valence-corrected chi connectivity index (χ1v) is 13.8. The van der Waals surface area contributed by atoms with E-state index in [1.165, 1.54) is 38.9 Å². The van der Waals surface area contributed by atoms with Crippen LogP contribution in [0.1, 0.15) is 33.4 Å². The first kappa shape index (κ1) is 23.0. The van der Waals surface area contributed by atoms with E-state index >= 15 is 0 Å². The summed E-state index contributed by atoms with van der Waals surface area (Å²) in [7, 11) is 0. The number of fused-ring (bicyclic) bond motifs is 6. The van der Waals surface area contributed by atoms with Crippen molar-refractivity contribution in [1.82, 2.24) is 4.98 Å². The van der Waals surface area contributed by atoms with Gasteiger partial charge in [-0.05, 0) is 88.7 Å². The summed E-state index contributed by atoms with van der Waals surface area (Å²) < 4.78 is 6.20. The molecular weight excluding hydrogens is 486 g/mol. The fourth-order valence-electron chi connectivity index (χ4n) is 6.89. The molecule has 0 amide bonds. The second kappa shape index (κ2) is 8.53. The van der Waals surface area contributed by atoms with Crippen LogP contribution < -0.4 is 0 Å². The molecule has 2 heterocycles. The van der Waals surface area contributed by atoms with Gasteiger partial charge in [0.2, 0.25) is 0 Å². The van der Waals surface area contributed by atoms with Crippen LogP contribution in [0.3, 0.4) is 0 Å². The van der Waals surface area contributed by atoms with E-state index in [2.05, 4.69) is 141 Å². The van der Waals surface area contributed by atoms with E-state index in [9.17, 15) is 0 Å². The van der Waals surface area contributed by atoms with Crippen molar-refractivity contribution in [1.29, 1.82) is 0 Å². The lowest BCUT2D eigenvalue weighted by atomic mass is 9.67. The van der Waals surface area contributed by atoms with Gasteiger partial charge in [-0.25, -0.2) is 4.98 Å². The first-order valence-electron chi connectivity index (χ1n) is 13.8. The van der Waals surface area contributed by atoms with Crippen molar-refractivity contribution in [2.24, 2.45) is 0 Å². The molecule has 190 valence electrons. The number of para-hydroxylation sites is 1. The Morgan fingerprint density at radius 1 is 0.600 bits per heavy atom. The molecule has 0 fully saturated rings. The molecular formula is C38H27NO. The summed E-state index contributed by atoms with van der Waals surface area (Å²) in [5.74, 6) is 0. The summed E-state index contributed by atoms with van der Waals surface area (Å²) in [6.45, 7) is 4.32. The molecule has 2 aromatic heterocycles. The second-order valence-electron chi connectivity index (χ2n) is 10.8. The molecule has 0 atom stereocenters. The van der Waals surface area contributed by atoms with Crippen molar-refractivity contribution >= 4 is 22.1 Å². The molecule has 0 saturated heterocycles. The lowest BCUT2D eigenvalue weighted by Crippen LogP contribution is -2.28. The number of furan rings is 1. The van der Waals surface area contributed by atoms with E-state index in [0.29, 0.717) is 0 Å². The molecule has 7 aromatic rings. The standard InChI is InChI=1S/C38H27NO/c1-24-12-11-18-30-36-34(40-37(24)30)21-20-33(39-36)26-22-25(2)35-29-17-9-10-19-31(29)38(32(35)23-26,27-13-5-3-6-14-27)28-15-7-4-8-16-28/h3-23H,1-2H3. The molecule has 0 radical (unpaired) electrons. The zero-order valence-corrected chi connectivity index (χ0v) is 22.5. The van der Waals surface area contributed by atoms with Gasteiger partial charge in [-0.2, -0.15) is 0 Å². The van der Waals surface area contributed by atoms with E-state index in [0.717, 1.165) is 38.9 Å². The Morgan fingerprint density at radius 3 is 2.05 bits per heavy atom. The minimum atomic E-state index is -0.432. The van der Waals surface area contributed by atoms with E-state index in [-0.39, 0.29) is 0 Å². The summed E-state index contributed by atoms with van der Waals surface area (Å²) in [5.41, 5.74) is 14.4. The highest BCUT2D eigenvalue weighted by Gasteiger charge is 2.46. The molecule has 5 aromatic carbocycles. The molecule has 8 rings (SSSR count). The van der Waals surface area contributed by atoms with Crippen LogP contribution in [0.25, 0.3) is 44.5 Å². The van der Waals surface area contributed by atoms with Crippen molar-refractivity contribution < 1.29 is 4.42 Å². The van der Waals surface area contributed by atoms with Gasteiger partial charge in [-0.3, -0.25) is 0 Å². The Hall–Kier alpha value is -4.95. The van der Waals surface area contributed by atoms with Crippen LogP contribution >= 0.6 is 0 Å². The van der Waals surface area contributed by atoms with Crippen molar-refractivity contribution in [2.45, 2.75) is 19.3 Å². The number of hydrogen-bond acceptors (Lipinski definition) is 2. The van der Waals surface area contributed by atoms with Crippen molar-refractivity contribution in [3.8, 4) is 22.4 Å². The number of benzene rings is 5. The van der Waals surface area contributed by atoms with E-state index in [4.69, 9.17) is 9.40 Å². The lowest BCUT2D eigenvalue weighted by Gasteiger charge is -2.34. The number of aryl methyl sites for hydroxylation is 2. The predicted molar refractivity (Wildman–Crippen MR) is 164 cm³/mol. The van der Waals surface area contributed by atoms with Crippen LogP contribution in [-0.2, 0) is 5.41 Å². The Labute approximate surface area is 233 Å². The average Bonchev–Trinajstić information content (AvgIpc) is 3.53. The number of aromatic nitrogens is 1. The molecule has 2 heteroatoms. The minimum Gasteiger partial charge on any atom is -0.454 e. The Balaban J connectivity index is 1.45. The van der Waals surface area contributed by atoms with E-state index in [1.807, 2.05) is 0 Å². The van der Waals surface area contributed by atoms with Gasteiger partial charge in [0.15, 0.2) is 5.58 Å². The van der Waals surface area contributed by atoms with Gasteiger partial charge in [-0.1, -0.05) is 97.1 Å². The normalized spacial score (nSPS) is 13.4. The molecule has 1 aliphatic rings.